The first-order valence-corrected chi connectivity index (χ1v) is 4.68. The van der Waals surface area contributed by atoms with Gasteiger partial charge in [-0.05, 0) is 32.7 Å². The minimum absolute atomic E-state index is 0.428. The summed E-state index contributed by atoms with van der Waals surface area (Å²) in [5, 5.41) is 3.41. The lowest BCUT2D eigenvalue weighted by Gasteiger charge is -2.14. The van der Waals surface area contributed by atoms with Crippen LogP contribution in [0.4, 0.5) is 0 Å². The van der Waals surface area contributed by atoms with Crippen molar-refractivity contribution in [3.05, 3.63) is 0 Å². The highest BCUT2D eigenvalue weighted by molar-refractivity contribution is 4.73. The van der Waals surface area contributed by atoms with Gasteiger partial charge in [0.05, 0.1) is 12.7 Å². The Hall–Kier alpha value is -0.0800. The molecule has 2 nitrogen and oxygen atoms in total. The molecule has 1 saturated heterocycles. The Balaban J connectivity index is 2.01. The molecular weight excluding hydrogens is 138 g/mol. The van der Waals surface area contributed by atoms with Crippen LogP contribution in [0.5, 0.6) is 0 Å². The summed E-state index contributed by atoms with van der Waals surface area (Å²) in [5.41, 5.74) is 0. The summed E-state index contributed by atoms with van der Waals surface area (Å²) in [4.78, 5) is 0. The van der Waals surface area contributed by atoms with Crippen molar-refractivity contribution in [3.8, 4) is 0 Å². The molecule has 2 atom stereocenters. The molecule has 1 heterocycles. The van der Waals surface area contributed by atoms with Crippen LogP contribution in [0.15, 0.2) is 0 Å². The van der Waals surface area contributed by atoms with Crippen molar-refractivity contribution >= 4 is 0 Å². The van der Waals surface area contributed by atoms with Crippen LogP contribution in [0.25, 0.3) is 0 Å². The van der Waals surface area contributed by atoms with Gasteiger partial charge in [0, 0.05) is 6.04 Å². The molecule has 1 rings (SSSR count). The molecule has 0 aliphatic carbocycles. The Morgan fingerprint density at radius 2 is 2.45 bits per heavy atom. The van der Waals surface area contributed by atoms with E-state index >= 15 is 0 Å². The van der Waals surface area contributed by atoms with Crippen LogP contribution in [-0.2, 0) is 4.74 Å². The standard InChI is InChI=1S/C9H19NO/c1-3-8(2)11-7-9-5-4-6-10-9/h8-10H,3-7H2,1-2H3/t8?,9-/m1/s1. The second-order valence-corrected chi connectivity index (χ2v) is 3.35. The van der Waals surface area contributed by atoms with Gasteiger partial charge >= 0.3 is 0 Å². The molecule has 0 saturated carbocycles. The minimum atomic E-state index is 0.428. The lowest BCUT2D eigenvalue weighted by molar-refractivity contribution is 0.0509. The Bertz CT molecular complexity index is 99.7. The van der Waals surface area contributed by atoms with E-state index in [2.05, 4.69) is 19.2 Å². The molecule has 0 aromatic heterocycles. The zero-order valence-corrected chi connectivity index (χ0v) is 7.60. The molecular formula is C9H19NO. The minimum Gasteiger partial charge on any atom is -0.377 e. The molecule has 0 spiro atoms. The van der Waals surface area contributed by atoms with Crippen LogP contribution in [0.1, 0.15) is 33.1 Å². The summed E-state index contributed by atoms with van der Waals surface area (Å²) in [6.45, 7) is 6.37. The average molecular weight is 157 g/mol. The zero-order chi connectivity index (χ0) is 8.10. The summed E-state index contributed by atoms with van der Waals surface area (Å²) >= 11 is 0. The van der Waals surface area contributed by atoms with E-state index in [9.17, 15) is 0 Å². The number of hydrogen-bond acceptors (Lipinski definition) is 2. The summed E-state index contributed by atoms with van der Waals surface area (Å²) in [5.74, 6) is 0. The van der Waals surface area contributed by atoms with Crippen LogP contribution in [0.3, 0.4) is 0 Å². The van der Waals surface area contributed by atoms with Crippen molar-refractivity contribution in [2.24, 2.45) is 0 Å². The van der Waals surface area contributed by atoms with E-state index in [1.807, 2.05) is 0 Å². The van der Waals surface area contributed by atoms with Gasteiger partial charge in [0.2, 0.25) is 0 Å². The van der Waals surface area contributed by atoms with E-state index in [4.69, 9.17) is 4.74 Å². The van der Waals surface area contributed by atoms with E-state index < -0.39 is 0 Å². The number of hydrogen-bond donors (Lipinski definition) is 1. The molecule has 1 aliphatic heterocycles. The first kappa shape index (κ1) is 9.01. The SMILES string of the molecule is CCC(C)OC[C@H]1CCCN1. The smallest absolute Gasteiger partial charge is 0.0623 e. The highest BCUT2D eigenvalue weighted by Gasteiger charge is 2.14. The predicted molar refractivity (Wildman–Crippen MR) is 46.7 cm³/mol. The molecule has 0 amide bonds. The van der Waals surface area contributed by atoms with Crippen LogP contribution in [0.2, 0.25) is 0 Å². The zero-order valence-electron chi connectivity index (χ0n) is 7.60. The molecule has 0 aromatic rings. The van der Waals surface area contributed by atoms with Gasteiger partial charge in [0.25, 0.3) is 0 Å². The van der Waals surface area contributed by atoms with Gasteiger partial charge in [-0.3, -0.25) is 0 Å². The summed E-state index contributed by atoms with van der Waals surface area (Å²) in [6, 6.07) is 0.629. The lowest BCUT2D eigenvalue weighted by Crippen LogP contribution is -2.28. The molecule has 0 aromatic carbocycles. The third-order valence-electron chi connectivity index (χ3n) is 2.32. The van der Waals surface area contributed by atoms with Crippen molar-refractivity contribution in [2.45, 2.75) is 45.3 Å². The summed E-state index contributed by atoms with van der Waals surface area (Å²) in [6.07, 6.45) is 4.15. The predicted octanol–water partition coefficient (Wildman–Crippen LogP) is 1.55. The number of ether oxygens (including phenoxy) is 1. The second-order valence-electron chi connectivity index (χ2n) is 3.35. The molecule has 1 aliphatic rings. The van der Waals surface area contributed by atoms with E-state index in [0.717, 1.165) is 13.0 Å². The highest BCUT2D eigenvalue weighted by Crippen LogP contribution is 2.06. The molecule has 1 N–H and O–H groups in total. The first-order chi connectivity index (χ1) is 5.33. The largest absolute Gasteiger partial charge is 0.377 e. The second kappa shape index (κ2) is 4.73. The maximum absolute atomic E-state index is 5.61. The molecule has 1 fully saturated rings. The highest BCUT2D eigenvalue weighted by atomic mass is 16.5. The topological polar surface area (TPSA) is 21.3 Å². The fourth-order valence-corrected chi connectivity index (χ4v) is 1.30. The normalized spacial score (nSPS) is 27.3. The van der Waals surface area contributed by atoms with Gasteiger partial charge < -0.3 is 10.1 Å². The molecule has 1 unspecified atom stereocenters. The molecule has 0 bridgehead atoms. The maximum atomic E-state index is 5.61. The summed E-state index contributed by atoms with van der Waals surface area (Å²) < 4.78 is 5.61. The van der Waals surface area contributed by atoms with Gasteiger partial charge in [-0.15, -0.1) is 0 Å². The quantitative estimate of drug-likeness (QED) is 0.668. The first-order valence-electron chi connectivity index (χ1n) is 4.68. The maximum Gasteiger partial charge on any atom is 0.0623 e. The van der Waals surface area contributed by atoms with Gasteiger partial charge in [0.15, 0.2) is 0 Å². The van der Waals surface area contributed by atoms with Crippen molar-refractivity contribution in [3.63, 3.8) is 0 Å². The van der Waals surface area contributed by atoms with Crippen LogP contribution in [0, 0.1) is 0 Å². The van der Waals surface area contributed by atoms with Gasteiger partial charge in [0.1, 0.15) is 0 Å². The number of nitrogens with one attached hydrogen (secondary N) is 1. The van der Waals surface area contributed by atoms with E-state index in [1.165, 1.54) is 19.4 Å². The van der Waals surface area contributed by atoms with E-state index in [0.29, 0.717) is 12.1 Å². The average Bonchev–Trinajstić information content (AvgIpc) is 2.52. The Labute approximate surface area is 69.3 Å². The third-order valence-corrected chi connectivity index (χ3v) is 2.32. The molecule has 2 heteroatoms. The van der Waals surface area contributed by atoms with Crippen molar-refractivity contribution in [2.75, 3.05) is 13.2 Å². The molecule has 11 heavy (non-hydrogen) atoms. The fraction of sp³-hybridized carbons (Fsp3) is 1.00. The Kier molecular flexibility index (Phi) is 3.87. The van der Waals surface area contributed by atoms with Crippen molar-refractivity contribution < 1.29 is 4.74 Å². The van der Waals surface area contributed by atoms with Crippen LogP contribution < -0.4 is 5.32 Å². The monoisotopic (exact) mass is 157 g/mol. The fourth-order valence-electron chi connectivity index (χ4n) is 1.30. The van der Waals surface area contributed by atoms with Crippen molar-refractivity contribution in [1.82, 2.24) is 5.32 Å². The lowest BCUT2D eigenvalue weighted by atomic mass is 10.2. The number of rotatable bonds is 4. The van der Waals surface area contributed by atoms with Gasteiger partial charge in [-0.1, -0.05) is 6.92 Å². The van der Waals surface area contributed by atoms with Crippen LogP contribution >= 0.6 is 0 Å². The molecule has 0 radical (unpaired) electrons. The van der Waals surface area contributed by atoms with E-state index in [-0.39, 0.29) is 0 Å². The van der Waals surface area contributed by atoms with E-state index in [1.54, 1.807) is 0 Å². The third kappa shape index (κ3) is 3.21. The molecule has 66 valence electrons. The Morgan fingerprint density at radius 3 is 3.00 bits per heavy atom. The Morgan fingerprint density at radius 1 is 1.64 bits per heavy atom. The summed E-state index contributed by atoms with van der Waals surface area (Å²) in [7, 11) is 0. The van der Waals surface area contributed by atoms with Crippen LogP contribution in [-0.4, -0.2) is 25.3 Å². The van der Waals surface area contributed by atoms with Gasteiger partial charge in [-0.25, -0.2) is 0 Å². The van der Waals surface area contributed by atoms with Gasteiger partial charge in [-0.2, -0.15) is 0 Å². The van der Waals surface area contributed by atoms with Crippen molar-refractivity contribution in [1.29, 1.82) is 0 Å².